The van der Waals surface area contributed by atoms with Crippen molar-refractivity contribution >= 4 is 79.0 Å². The molecule has 0 atom stereocenters. The molecule has 0 fully saturated rings. The third-order valence-corrected chi connectivity index (χ3v) is 7.96. The summed E-state index contributed by atoms with van der Waals surface area (Å²) < 4.78 is 10.8. The Hall–Kier alpha value is -5.35. The fourth-order valence-electron chi connectivity index (χ4n) is 6.26. The van der Waals surface area contributed by atoms with Gasteiger partial charge in [-0.1, -0.05) is 72.8 Å². The van der Waals surface area contributed by atoms with Crippen molar-refractivity contribution in [2.45, 2.75) is 6.92 Å². The zero-order valence-corrected chi connectivity index (χ0v) is 22.0. The van der Waals surface area contributed by atoms with Gasteiger partial charge < -0.3 is 13.6 Å². The molecule has 0 aliphatic carbocycles. The van der Waals surface area contributed by atoms with Crippen LogP contribution in [0.5, 0.6) is 0 Å². The summed E-state index contributed by atoms with van der Waals surface area (Å²) in [5, 5.41) is 5.95. The minimum absolute atomic E-state index is 0.523. The minimum Gasteiger partial charge on any atom is -0.438 e. The maximum Gasteiger partial charge on any atom is 0.226 e. The molecule has 4 nitrogen and oxygen atoms in total. The van der Waals surface area contributed by atoms with Gasteiger partial charge in [-0.05, 0) is 62.2 Å². The highest BCUT2D eigenvalue weighted by Gasteiger charge is 2.17. The maximum absolute atomic E-state index is 6.20. The molecule has 3 heterocycles. The van der Waals surface area contributed by atoms with E-state index in [0.29, 0.717) is 5.88 Å². The molecule has 0 aliphatic rings. The number of fused-ring (bicyclic) bond motifs is 7. The van der Waals surface area contributed by atoms with Gasteiger partial charge in [0.25, 0.3) is 0 Å². The van der Waals surface area contributed by atoms with Crippen molar-refractivity contribution in [2.24, 2.45) is 4.99 Å². The Morgan fingerprint density at radius 3 is 1.70 bits per heavy atom. The molecule has 4 heteroatoms. The summed E-state index contributed by atoms with van der Waals surface area (Å²) in [6.07, 6.45) is 2.17. The van der Waals surface area contributed by atoms with E-state index in [2.05, 4.69) is 143 Å². The van der Waals surface area contributed by atoms with Gasteiger partial charge in [0.1, 0.15) is 5.58 Å². The van der Waals surface area contributed by atoms with Crippen molar-refractivity contribution in [3.05, 3.63) is 121 Å². The number of hydrogen-bond donors (Lipinski definition) is 0. The molecule has 40 heavy (non-hydrogen) atoms. The molecule has 0 spiro atoms. The summed E-state index contributed by atoms with van der Waals surface area (Å²) >= 11 is 0. The third kappa shape index (κ3) is 3.17. The Bertz CT molecular complexity index is 2200. The van der Waals surface area contributed by atoms with E-state index in [9.17, 15) is 0 Å². The van der Waals surface area contributed by atoms with Crippen LogP contribution < -0.4 is 0 Å². The van der Waals surface area contributed by atoms with Crippen LogP contribution in [0.2, 0.25) is 0 Å². The Kier molecular flexibility index (Phi) is 4.85. The van der Waals surface area contributed by atoms with E-state index in [1.807, 2.05) is 6.07 Å². The number of aliphatic imine (C=N–C) groups is 1. The third-order valence-electron chi connectivity index (χ3n) is 7.96. The fraction of sp³-hybridized carbons (Fsp3) is 0.0278. The van der Waals surface area contributed by atoms with E-state index in [4.69, 9.17) is 4.42 Å². The van der Waals surface area contributed by atoms with Gasteiger partial charge in [-0.2, -0.15) is 0 Å². The van der Waals surface area contributed by atoms with Gasteiger partial charge in [-0.25, -0.2) is 4.99 Å². The Morgan fingerprint density at radius 2 is 1.15 bits per heavy atom. The molecule has 190 valence electrons. The summed E-state index contributed by atoms with van der Waals surface area (Å²) in [5.41, 5.74) is 8.55. The maximum atomic E-state index is 6.20. The van der Waals surface area contributed by atoms with Crippen molar-refractivity contribution in [2.75, 3.05) is 0 Å². The molecule has 8 aromatic rings. The lowest BCUT2D eigenvalue weighted by molar-refractivity contribution is 0.626. The summed E-state index contributed by atoms with van der Waals surface area (Å²) in [6, 6.07) is 40.6. The number of allylic oxidation sites excluding steroid dienone is 1. The minimum atomic E-state index is 0.523. The lowest BCUT2D eigenvalue weighted by Gasteiger charge is -2.09. The van der Waals surface area contributed by atoms with Crippen LogP contribution in [0.25, 0.3) is 72.0 Å². The SMILES string of the molecule is C=Nc1oc2ccc(-n3c4ccccc4c4ccccc43)cc2c1/C=C(\C)n1c2ccccc2c2ccccc21. The average Bonchev–Trinajstić information content (AvgIpc) is 3.64. The van der Waals surface area contributed by atoms with Gasteiger partial charge in [0.15, 0.2) is 0 Å². The lowest BCUT2D eigenvalue weighted by atomic mass is 10.1. The first-order chi connectivity index (χ1) is 19.7. The van der Waals surface area contributed by atoms with Crippen LogP contribution in [-0.4, -0.2) is 15.9 Å². The van der Waals surface area contributed by atoms with E-state index in [1.54, 1.807) is 0 Å². The second kappa shape index (κ2) is 8.58. The van der Waals surface area contributed by atoms with Gasteiger partial charge in [-0.15, -0.1) is 0 Å². The standard InChI is InChI=1S/C36H25N3O/c1-23(38-31-15-7-3-11-25(31)26-12-4-8-16-32(26)38)21-30-29-22-24(19-20-35(29)40-36(30)37-2)39-33-17-9-5-13-27(33)28-14-6-10-18-34(28)39/h3-22H,2H2,1H3/b23-21+. The monoisotopic (exact) mass is 515 g/mol. The predicted octanol–water partition coefficient (Wildman–Crippen LogP) is 9.99. The molecule has 5 aromatic carbocycles. The Balaban J connectivity index is 1.38. The highest BCUT2D eigenvalue weighted by Crippen LogP contribution is 2.39. The van der Waals surface area contributed by atoms with Gasteiger partial charge >= 0.3 is 0 Å². The Morgan fingerprint density at radius 1 is 0.650 bits per heavy atom. The first-order valence-electron chi connectivity index (χ1n) is 13.4. The van der Waals surface area contributed by atoms with Gasteiger partial charge in [0.2, 0.25) is 5.88 Å². The quantitative estimate of drug-likeness (QED) is 0.215. The molecule has 3 aromatic heterocycles. The molecule has 0 saturated carbocycles. The molecule has 0 radical (unpaired) electrons. The van der Waals surface area contributed by atoms with E-state index in [1.165, 1.54) is 43.6 Å². The predicted molar refractivity (Wildman–Crippen MR) is 169 cm³/mol. The van der Waals surface area contributed by atoms with Crippen LogP contribution in [-0.2, 0) is 0 Å². The van der Waals surface area contributed by atoms with E-state index in [-0.39, 0.29) is 0 Å². The van der Waals surface area contributed by atoms with Crippen molar-refractivity contribution in [3.63, 3.8) is 0 Å². The summed E-state index contributed by atoms with van der Waals surface area (Å²) in [4.78, 5) is 4.28. The van der Waals surface area contributed by atoms with Gasteiger partial charge in [0, 0.05) is 43.9 Å². The van der Waals surface area contributed by atoms with Gasteiger partial charge in [-0.3, -0.25) is 0 Å². The zero-order valence-electron chi connectivity index (χ0n) is 22.0. The van der Waals surface area contributed by atoms with Crippen molar-refractivity contribution in [1.29, 1.82) is 0 Å². The van der Waals surface area contributed by atoms with Crippen LogP contribution in [0.3, 0.4) is 0 Å². The molecule has 0 bridgehead atoms. The van der Waals surface area contributed by atoms with Crippen molar-refractivity contribution in [3.8, 4) is 5.69 Å². The smallest absolute Gasteiger partial charge is 0.226 e. The number of benzene rings is 5. The van der Waals surface area contributed by atoms with E-state index >= 15 is 0 Å². The fourth-order valence-corrected chi connectivity index (χ4v) is 6.26. The summed E-state index contributed by atoms with van der Waals surface area (Å²) in [7, 11) is 0. The summed E-state index contributed by atoms with van der Waals surface area (Å²) in [6.45, 7) is 5.97. The zero-order chi connectivity index (χ0) is 26.8. The average molecular weight is 516 g/mol. The van der Waals surface area contributed by atoms with Crippen LogP contribution in [0.4, 0.5) is 5.88 Å². The highest BCUT2D eigenvalue weighted by atomic mass is 16.3. The largest absolute Gasteiger partial charge is 0.438 e. The number of rotatable bonds is 4. The van der Waals surface area contributed by atoms with Crippen molar-refractivity contribution in [1.82, 2.24) is 9.13 Å². The number of para-hydroxylation sites is 4. The number of hydrogen-bond acceptors (Lipinski definition) is 2. The highest BCUT2D eigenvalue weighted by molar-refractivity contribution is 6.12. The van der Waals surface area contributed by atoms with Crippen LogP contribution >= 0.6 is 0 Å². The second-order valence-corrected chi connectivity index (χ2v) is 10.2. The van der Waals surface area contributed by atoms with E-state index in [0.717, 1.165) is 27.9 Å². The number of furan rings is 1. The Labute approximate surface area is 230 Å². The molecule has 0 N–H and O–H groups in total. The number of nitrogens with zero attached hydrogens (tertiary/aromatic N) is 3. The molecule has 0 aliphatic heterocycles. The van der Waals surface area contributed by atoms with Crippen LogP contribution in [0.1, 0.15) is 12.5 Å². The molecule has 0 amide bonds. The van der Waals surface area contributed by atoms with E-state index < -0.39 is 0 Å². The topological polar surface area (TPSA) is 35.4 Å². The van der Waals surface area contributed by atoms with Crippen LogP contribution in [0.15, 0.2) is 125 Å². The normalized spacial score (nSPS) is 12.4. The molecule has 0 unspecified atom stereocenters. The lowest BCUT2D eigenvalue weighted by Crippen LogP contribution is -1.94. The molecular weight excluding hydrogens is 490 g/mol. The molecule has 0 saturated heterocycles. The first kappa shape index (κ1) is 22.6. The van der Waals surface area contributed by atoms with Crippen LogP contribution in [0, 0.1) is 0 Å². The molecule has 8 rings (SSSR count). The first-order valence-corrected chi connectivity index (χ1v) is 13.4. The molecular formula is C36H25N3O. The second-order valence-electron chi connectivity index (χ2n) is 10.2. The van der Waals surface area contributed by atoms with Crippen molar-refractivity contribution < 1.29 is 4.42 Å². The summed E-state index contributed by atoms with van der Waals surface area (Å²) in [5.74, 6) is 0.523. The van der Waals surface area contributed by atoms with Gasteiger partial charge in [0.05, 0.1) is 22.1 Å². The number of aromatic nitrogens is 2.